The smallest absolute Gasteiger partial charge is 0.244 e. The lowest BCUT2D eigenvalue weighted by Gasteiger charge is -2.04. The van der Waals surface area contributed by atoms with E-state index >= 15 is 0 Å². The topological polar surface area (TPSA) is 61.7 Å². The average Bonchev–Trinajstić information content (AvgIpc) is 2.45. The van der Waals surface area contributed by atoms with Gasteiger partial charge in [-0.3, -0.25) is 4.79 Å². The summed E-state index contributed by atoms with van der Waals surface area (Å²) in [7, 11) is 0. The largest absolute Gasteiger partial charge is 0.507 e. The number of nitrogens with zero attached hydrogens (tertiary/aromatic N) is 1. The lowest BCUT2D eigenvalue weighted by Crippen LogP contribution is -2.19. The molecule has 0 radical (unpaired) electrons. The number of hydrogen-bond donors (Lipinski definition) is 2. The van der Waals surface area contributed by atoms with E-state index in [2.05, 4.69) is 10.5 Å². The fourth-order valence-electron chi connectivity index (χ4n) is 2.06. The summed E-state index contributed by atoms with van der Waals surface area (Å²) in [5.41, 5.74) is 5.85. The second kappa shape index (κ2) is 6.70. The summed E-state index contributed by atoms with van der Waals surface area (Å²) in [5.74, 6) is 0.130. The first kappa shape index (κ1) is 14.8. The minimum absolute atomic E-state index is 0.162. The summed E-state index contributed by atoms with van der Waals surface area (Å²) in [5, 5.41) is 13.6. The van der Waals surface area contributed by atoms with Crippen molar-refractivity contribution in [3.05, 3.63) is 64.7 Å². The van der Waals surface area contributed by atoms with E-state index in [1.165, 1.54) is 0 Å². The molecule has 0 bridgehead atoms. The minimum Gasteiger partial charge on any atom is -0.507 e. The van der Waals surface area contributed by atoms with E-state index < -0.39 is 0 Å². The third-order valence-electron chi connectivity index (χ3n) is 3.12. The molecule has 0 aliphatic carbocycles. The molecule has 2 aromatic carbocycles. The number of phenolic OH excluding ortho intramolecular Hbond substituents is 1. The van der Waals surface area contributed by atoms with Crippen molar-refractivity contribution in [3.8, 4) is 5.75 Å². The first-order chi connectivity index (χ1) is 10.1. The SMILES string of the molecule is Cc1cc(/C=N/NC(=O)Cc2ccccc2)cc(C)c1O. The Kier molecular flexibility index (Phi) is 4.72. The van der Waals surface area contributed by atoms with E-state index in [-0.39, 0.29) is 5.91 Å². The van der Waals surface area contributed by atoms with Gasteiger partial charge in [-0.2, -0.15) is 5.10 Å². The third-order valence-corrected chi connectivity index (χ3v) is 3.12. The van der Waals surface area contributed by atoms with Crippen LogP contribution < -0.4 is 5.43 Å². The predicted octanol–water partition coefficient (Wildman–Crippen LogP) is 2.70. The van der Waals surface area contributed by atoms with Crippen LogP contribution in [0.2, 0.25) is 0 Å². The van der Waals surface area contributed by atoms with E-state index in [9.17, 15) is 9.90 Å². The first-order valence-corrected chi connectivity index (χ1v) is 6.72. The van der Waals surface area contributed by atoms with E-state index in [1.807, 2.05) is 56.3 Å². The van der Waals surface area contributed by atoms with E-state index in [0.717, 1.165) is 22.3 Å². The summed E-state index contributed by atoms with van der Waals surface area (Å²) >= 11 is 0. The van der Waals surface area contributed by atoms with Gasteiger partial charge in [0, 0.05) is 0 Å². The van der Waals surface area contributed by atoms with Crippen molar-refractivity contribution in [2.75, 3.05) is 0 Å². The molecule has 4 nitrogen and oxygen atoms in total. The number of hydrogen-bond acceptors (Lipinski definition) is 3. The molecule has 2 rings (SSSR count). The standard InChI is InChI=1S/C17H18N2O2/c1-12-8-15(9-13(2)17(12)21)11-18-19-16(20)10-14-6-4-3-5-7-14/h3-9,11,21H,10H2,1-2H3,(H,19,20)/b18-11+. The zero-order valence-electron chi connectivity index (χ0n) is 12.1. The number of carbonyl (C=O) groups excluding carboxylic acids is 1. The van der Waals surface area contributed by atoms with E-state index in [1.54, 1.807) is 6.21 Å². The number of nitrogens with one attached hydrogen (secondary N) is 1. The Labute approximate surface area is 124 Å². The number of amides is 1. The fourth-order valence-corrected chi connectivity index (χ4v) is 2.06. The Hall–Kier alpha value is -2.62. The molecule has 21 heavy (non-hydrogen) atoms. The molecule has 0 aliphatic heterocycles. The summed E-state index contributed by atoms with van der Waals surface area (Å²) in [4.78, 5) is 11.7. The lowest BCUT2D eigenvalue weighted by molar-refractivity contribution is -0.120. The highest BCUT2D eigenvalue weighted by Crippen LogP contribution is 2.21. The Morgan fingerprint density at radius 3 is 2.43 bits per heavy atom. The summed E-state index contributed by atoms with van der Waals surface area (Å²) in [6, 6.07) is 13.1. The molecule has 0 aromatic heterocycles. The van der Waals surface area contributed by atoms with Gasteiger partial charge in [0.1, 0.15) is 5.75 Å². The fraction of sp³-hybridized carbons (Fsp3) is 0.176. The van der Waals surface area contributed by atoms with Gasteiger partial charge in [0.05, 0.1) is 12.6 Å². The highest BCUT2D eigenvalue weighted by atomic mass is 16.3. The molecule has 0 aliphatic rings. The van der Waals surface area contributed by atoms with Gasteiger partial charge in [-0.15, -0.1) is 0 Å². The van der Waals surface area contributed by atoms with Crippen molar-refractivity contribution in [1.29, 1.82) is 0 Å². The van der Waals surface area contributed by atoms with Crippen LogP contribution in [0.15, 0.2) is 47.6 Å². The molecule has 2 N–H and O–H groups in total. The maximum atomic E-state index is 11.7. The molecule has 0 unspecified atom stereocenters. The first-order valence-electron chi connectivity index (χ1n) is 6.72. The number of aromatic hydroxyl groups is 1. The zero-order valence-corrected chi connectivity index (χ0v) is 12.1. The van der Waals surface area contributed by atoms with Gasteiger partial charge in [-0.25, -0.2) is 5.43 Å². The maximum Gasteiger partial charge on any atom is 0.244 e. The molecule has 0 heterocycles. The molecule has 2 aromatic rings. The van der Waals surface area contributed by atoms with Gasteiger partial charge in [0.25, 0.3) is 0 Å². The van der Waals surface area contributed by atoms with Crippen LogP contribution in [0.3, 0.4) is 0 Å². The Morgan fingerprint density at radius 2 is 1.81 bits per heavy atom. The van der Waals surface area contributed by atoms with E-state index in [0.29, 0.717) is 12.2 Å². The summed E-state index contributed by atoms with van der Waals surface area (Å²) in [6.45, 7) is 3.65. The van der Waals surface area contributed by atoms with Gasteiger partial charge in [0.2, 0.25) is 5.91 Å². The lowest BCUT2D eigenvalue weighted by atomic mass is 10.1. The minimum atomic E-state index is -0.162. The van der Waals surface area contributed by atoms with Crippen molar-refractivity contribution in [3.63, 3.8) is 0 Å². The quantitative estimate of drug-likeness (QED) is 0.669. The van der Waals surface area contributed by atoms with Gasteiger partial charge in [0.15, 0.2) is 0 Å². The molecule has 0 atom stereocenters. The van der Waals surface area contributed by atoms with Crippen molar-refractivity contribution >= 4 is 12.1 Å². The molecular weight excluding hydrogens is 264 g/mol. The van der Waals surface area contributed by atoms with Gasteiger partial charge >= 0.3 is 0 Å². The molecule has 0 fully saturated rings. The number of hydrazone groups is 1. The number of phenols is 1. The van der Waals surface area contributed by atoms with Crippen LogP contribution in [0, 0.1) is 13.8 Å². The highest BCUT2D eigenvalue weighted by molar-refractivity contribution is 5.84. The van der Waals surface area contributed by atoms with Crippen molar-refractivity contribution in [1.82, 2.24) is 5.43 Å². The molecule has 108 valence electrons. The molecule has 4 heteroatoms. The van der Waals surface area contributed by atoms with Crippen molar-refractivity contribution in [2.45, 2.75) is 20.3 Å². The van der Waals surface area contributed by atoms with Crippen molar-refractivity contribution in [2.24, 2.45) is 5.10 Å². The second-order valence-corrected chi connectivity index (χ2v) is 4.96. The number of aryl methyl sites for hydroxylation is 2. The summed E-state index contributed by atoms with van der Waals surface area (Å²) in [6.07, 6.45) is 1.87. The molecule has 0 spiro atoms. The van der Waals surface area contributed by atoms with Crippen LogP contribution >= 0.6 is 0 Å². The second-order valence-electron chi connectivity index (χ2n) is 4.96. The van der Waals surface area contributed by atoms with Gasteiger partial charge in [-0.05, 0) is 48.2 Å². The maximum absolute atomic E-state index is 11.7. The van der Waals surface area contributed by atoms with Crippen LogP contribution in [-0.2, 0) is 11.2 Å². The normalized spacial score (nSPS) is 10.8. The highest BCUT2D eigenvalue weighted by Gasteiger charge is 2.03. The van der Waals surface area contributed by atoms with Gasteiger partial charge in [-0.1, -0.05) is 30.3 Å². The van der Waals surface area contributed by atoms with Crippen molar-refractivity contribution < 1.29 is 9.90 Å². The molecule has 1 amide bonds. The van der Waals surface area contributed by atoms with Crippen LogP contribution in [0.1, 0.15) is 22.3 Å². The number of benzene rings is 2. The Balaban J connectivity index is 1.95. The van der Waals surface area contributed by atoms with Crippen LogP contribution in [0.4, 0.5) is 0 Å². The Morgan fingerprint density at radius 1 is 1.19 bits per heavy atom. The van der Waals surface area contributed by atoms with Crippen LogP contribution in [-0.4, -0.2) is 17.2 Å². The van der Waals surface area contributed by atoms with Crippen LogP contribution in [0.25, 0.3) is 0 Å². The number of carbonyl (C=O) groups is 1. The zero-order chi connectivity index (χ0) is 15.2. The predicted molar refractivity (Wildman–Crippen MR) is 83.5 cm³/mol. The molecular formula is C17H18N2O2. The number of rotatable bonds is 4. The third kappa shape index (κ3) is 4.18. The van der Waals surface area contributed by atoms with Gasteiger partial charge < -0.3 is 5.11 Å². The summed E-state index contributed by atoms with van der Waals surface area (Å²) < 4.78 is 0. The average molecular weight is 282 g/mol. The van der Waals surface area contributed by atoms with Crippen LogP contribution in [0.5, 0.6) is 5.75 Å². The monoisotopic (exact) mass is 282 g/mol. The Bertz CT molecular complexity index is 641. The molecule has 0 saturated heterocycles. The van der Waals surface area contributed by atoms with E-state index in [4.69, 9.17) is 0 Å². The molecule has 0 saturated carbocycles.